The first kappa shape index (κ1) is 22.5. The summed E-state index contributed by atoms with van der Waals surface area (Å²) >= 11 is 7.53. The first-order chi connectivity index (χ1) is 12.8. The lowest BCUT2D eigenvalue weighted by molar-refractivity contribution is -0.137. The van der Waals surface area contributed by atoms with Crippen molar-refractivity contribution in [1.29, 1.82) is 0 Å². The van der Waals surface area contributed by atoms with Crippen molar-refractivity contribution in [3.8, 4) is 0 Å². The maximum Gasteiger partial charge on any atom is 0.417 e. The van der Waals surface area contributed by atoms with Gasteiger partial charge in [0.05, 0.1) is 21.7 Å². The predicted octanol–water partition coefficient (Wildman–Crippen LogP) is 5.74. The molecule has 0 aliphatic carbocycles. The Morgan fingerprint density at radius 1 is 1.04 bits per heavy atom. The Balaban J connectivity index is 2.39. The normalized spacial score (nSPS) is 11.9. The van der Waals surface area contributed by atoms with Crippen LogP contribution in [0.15, 0.2) is 36.4 Å². The number of hydrogen-bond acceptors (Lipinski definition) is 2. The average Bonchev–Trinajstić information content (AvgIpc) is 2.53. The standard InChI is InChI=1S/C19H17ClF3IN2O2/c1-18(2,3)26-17(28)15-11(5-4-6-14(15)24)16(27)25-10-7-8-13(20)12(9-10)19(21,22)23/h4-9H,1-3H3,(H,25,27)(H,26,28). The molecule has 0 heterocycles. The smallest absolute Gasteiger partial charge is 0.347 e. The van der Waals surface area contributed by atoms with Gasteiger partial charge >= 0.3 is 6.18 Å². The van der Waals surface area contributed by atoms with Crippen molar-refractivity contribution in [2.24, 2.45) is 0 Å². The third kappa shape index (κ3) is 5.60. The summed E-state index contributed by atoms with van der Waals surface area (Å²) in [6.45, 7) is 5.40. The van der Waals surface area contributed by atoms with Crippen LogP contribution < -0.4 is 10.6 Å². The van der Waals surface area contributed by atoms with Crippen LogP contribution in [0.2, 0.25) is 5.02 Å². The van der Waals surface area contributed by atoms with Crippen LogP contribution in [0.4, 0.5) is 18.9 Å². The Labute approximate surface area is 179 Å². The van der Waals surface area contributed by atoms with Gasteiger partial charge in [-0.25, -0.2) is 0 Å². The van der Waals surface area contributed by atoms with E-state index in [-0.39, 0.29) is 16.8 Å². The molecule has 0 aliphatic rings. The third-order valence-electron chi connectivity index (χ3n) is 3.50. The van der Waals surface area contributed by atoms with Gasteiger partial charge in [-0.15, -0.1) is 0 Å². The molecule has 0 fully saturated rings. The second kappa shape index (κ2) is 8.28. The van der Waals surface area contributed by atoms with Crippen molar-refractivity contribution >= 4 is 51.7 Å². The van der Waals surface area contributed by atoms with Gasteiger partial charge in [0.25, 0.3) is 11.8 Å². The number of nitrogens with one attached hydrogen (secondary N) is 2. The van der Waals surface area contributed by atoms with Crippen LogP contribution in [0.5, 0.6) is 0 Å². The number of benzene rings is 2. The molecule has 0 saturated heterocycles. The highest BCUT2D eigenvalue weighted by Crippen LogP contribution is 2.36. The van der Waals surface area contributed by atoms with Crippen molar-refractivity contribution < 1.29 is 22.8 Å². The van der Waals surface area contributed by atoms with Crippen molar-refractivity contribution in [1.82, 2.24) is 5.32 Å². The van der Waals surface area contributed by atoms with Crippen molar-refractivity contribution in [3.05, 3.63) is 61.7 Å². The van der Waals surface area contributed by atoms with E-state index in [0.717, 1.165) is 12.1 Å². The van der Waals surface area contributed by atoms with E-state index in [1.54, 1.807) is 32.9 Å². The number of hydrogen-bond donors (Lipinski definition) is 2. The van der Waals surface area contributed by atoms with E-state index < -0.39 is 34.1 Å². The van der Waals surface area contributed by atoms with Crippen LogP contribution >= 0.6 is 34.2 Å². The summed E-state index contributed by atoms with van der Waals surface area (Å²) in [6, 6.07) is 7.77. The summed E-state index contributed by atoms with van der Waals surface area (Å²) in [4.78, 5) is 25.3. The Morgan fingerprint density at radius 3 is 2.25 bits per heavy atom. The molecular formula is C19H17ClF3IN2O2. The van der Waals surface area contributed by atoms with Crippen LogP contribution in [0.3, 0.4) is 0 Å². The number of amides is 2. The first-order valence-electron chi connectivity index (χ1n) is 8.09. The van der Waals surface area contributed by atoms with Gasteiger partial charge in [0.1, 0.15) is 0 Å². The van der Waals surface area contributed by atoms with E-state index in [9.17, 15) is 22.8 Å². The summed E-state index contributed by atoms with van der Waals surface area (Å²) in [7, 11) is 0. The quantitative estimate of drug-likeness (QED) is 0.503. The molecule has 0 spiro atoms. The zero-order valence-corrected chi connectivity index (χ0v) is 18.1. The molecule has 9 heteroatoms. The highest BCUT2D eigenvalue weighted by atomic mass is 127. The zero-order valence-electron chi connectivity index (χ0n) is 15.2. The van der Waals surface area contributed by atoms with E-state index in [2.05, 4.69) is 10.6 Å². The summed E-state index contributed by atoms with van der Waals surface area (Å²) in [6.07, 6.45) is -4.66. The molecular weight excluding hydrogens is 508 g/mol. The summed E-state index contributed by atoms with van der Waals surface area (Å²) in [5.41, 5.74) is -1.46. The Hall–Kier alpha value is -1.81. The van der Waals surface area contributed by atoms with Gasteiger partial charge < -0.3 is 10.6 Å². The van der Waals surface area contributed by atoms with Crippen LogP contribution in [0.1, 0.15) is 47.1 Å². The van der Waals surface area contributed by atoms with E-state index in [4.69, 9.17) is 11.6 Å². The summed E-state index contributed by atoms with van der Waals surface area (Å²) < 4.78 is 39.6. The molecule has 150 valence electrons. The van der Waals surface area contributed by atoms with Crippen LogP contribution in [-0.2, 0) is 6.18 Å². The third-order valence-corrected chi connectivity index (χ3v) is 4.73. The van der Waals surface area contributed by atoms with Gasteiger partial charge in [-0.05, 0) is 73.7 Å². The molecule has 0 saturated carbocycles. The lowest BCUT2D eigenvalue weighted by Crippen LogP contribution is -2.41. The van der Waals surface area contributed by atoms with Gasteiger partial charge in [0.15, 0.2) is 0 Å². The molecule has 0 aliphatic heterocycles. The molecule has 0 aromatic heterocycles. The maximum absolute atomic E-state index is 13.0. The van der Waals surface area contributed by atoms with E-state index >= 15 is 0 Å². The number of halogens is 5. The number of carbonyl (C=O) groups excluding carboxylic acids is 2. The largest absolute Gasteiger partial charge is 0.417 e. The molecule has 0 atom stereocenters. The molecule has 2 aromatic carbocycles. The van der Waals surface area contributed by atoms with Gasteiger partial charge in [0.2, 0.25) is 0 Å². The van der Waals surface area contributed by atoms with Gasteiger partial charge in [-0.3, -0.25) is 9.59 Å². The number of rotatable bonds is 3. The monoisotopic (exact) mass is 524 g/mol. The highest BCUT2D eigenvalue weighted by molar-refractivity contribution is 14.1. The molecule has 4 nitrogen and oxygen atoms in total. The van der Waals surface area contributed by atoms with Gasteiger partial charge in [0, 0.05) is 14.8 Å². The summed E-state index contributed by atoms with van der Waals surface area (Å²) in [5.74, 6) is -1.15. The van der Waals surface area contributed by atoms with Crippen molar-refractivity contribution in [2.75, 3.05) is 5.32 Å². The van der Waals surface area contributed by atoms with Crippen LogP contribution in [-0.4, -0.2) is 17.4 Å². The fraction of sp³-hybridized carbons (Fsp3) is 0.263. The van der Waals surface area contributed by atoms with E-state index in [1.165, 1.54) is 12.1 Å². The van der Waals surface area contributed by atoms with Crippen LogP contribution in [0, 0.1) is 3.57 Å². The molecule has 0 bridgehead atoms. The maximum atomic E-state index is 13.0. The molecule has 28 heavy (non-hydrogen) atoms. The Morgan fingerprint density at radius 2 is 1.68 bits per heavy atom. The number of anilines is 1. The summed E-state index contributed by atoms with van der Waals surface area (Å²) in [5, 5.41) is 4.72. The molecule has 2 rings (SSSR count). The van der Waals surface area contributed by atoms with Crippen LogP contribution in [0.25, 0.3) is 0 Å². The fourth-order valence-corrected chi connectivity index (χ4v) is 3.33. The molecule has 2 aromatic rings. The highest BCUT2D eigenvalue weighted by Gasteiger charge is 2.33. The lowest BCUT2D eigenvalue weighted by atomic mass is 10.0. The van der Waals surface area contributed by atoms with Crippen molar-refractivity contribution in [2.45, 2.75) is 32.5 Å². The molecule has 2 amide bonds. The SMILES string of the molecule is CC(C)(C)NC(=O)c1c(I)cccc1C(=O)Nc1ccc(Cl)c(C(F)(F)F)c1. The van der Waals surface area contributed by atoms with Gasteiger partial charge in [-0.1, -0.05) is 17.7 Å². The minimum Gasteiger partial charge on any atom is -0.347 e. The van der Waals surface area contributed by atoms with Crippen molar-refractivity contribution in [3.63, 3.8) is 0 Å². The number of alkyl halides is 3. The Bertz CT molecular complexity index is 924. The number of carbonyl (C=O) groups is 2. The molecule has 0 unspecified atom stereocenters. The predicted molar refractivity (Wildman–Crippen MR) is 111 cm³/mol. The lowest BCUT2D eigenvalue weighted by Gasteiger charge is -2.22. The first-order valence-corrected chi connectivity index (χ1v) is 9.54. The zero-order chi connectivity index (χ0) is 21.3. The minimum absolute atomic E-state index is 0.0529. The van der Waals surface area contributed by atoms with E-state index in [1.807, 2.05) is 22.6 Å². The second-order valence-corrected chi connectivity index (χ2v) is 8.58. The minimum atomic E-state index is -4.66. The second-order valence-electron chi connectivity index (χ2n) is 7.01. The average molecular weight is 525 g/mol. The molecule has 2 N–H and O–H groups in total. The topological polar surface area (TPSA) is 58.2 Å². The molecule has 0 radical (unpaired) electrons. The fourth-order valence-electron chi connectivity index (χ4n) is 2.37. The van der Waals surface area contributed by atoms with Gasteiger partial charge in [-0.2, -0.15) is 13.2 Å². The Kier molecular flexibility index (Phi) is 6.65. The van der Waals surface area contributed by atoms with E-state index in [0.29, 0.717) is 3.57 Å².